The molecule has 0 aliphatic carbocycles. The van der Waals surface area contributed by atoms with E-state index in [2.05, 4.69) is 73.2 Å². The van der Waals surface area contributed by atoms with E-state index in [-0.39, 0.29) is 0 Å². The van der Waals surface area contributed by atoms with Crippen LogP contribution in [-0.4, -0.2) is 9.97 Å². The maximum absolute atomic E-state index is 4.56. The molecule has 0 atom stereocenters. The Hall–Kier alpha value is -2.61. The minimum atomic E-state index is 0.962. The summed E-state index contributed by atoms with van der Waals surface area (Å²) in [5.41, 5.74) is 8.39. The molecular weight excluding hydrogens is 268 g/mol. The molecule has 22 heavy (non-hydrogen) atoms. The van der Waals surface area contributed by atoms with Crippen molar-refractivity contribution >= 4 is 21.9 Å². The number of benzene rings is 2. The molecule has 0 fully saturated rings. The van der Waals surface area contributed by atoms with Crippen molar-refractivity contribution in [3.05, 3.63) is 65.4 Å². The van der Waals surface area contributed by atoms with Crippen molar-refractivity contribution in [3.8, 4) is 11.1 Å². The van der Waals surface area contributed by atoms with Crippen LogP contribution in [0.15, 0.2) is 48.7 Å². The molecule has 4 aromatic rings. The molecule has 0 amide bonds. The molecular formula is C20H18N2. The zero-order valence-corrected chi connectivity index (χ0v) is 13.1. The lowest BCUT2D eigenvalue weighted by molar-refractivity contribution is 1.29. The molecule has 0 radical (unpaired) electrons. The van der Waals surface area contributed by atoms with Gasteiger partial charge in [-0.15, -0.1) is 0 Å². The first kappa shape index (κ1) is 13.1. The quantitative estimate of drug-likeness (QED) is 0.505. The average Bonchev–Trinajstić information content (AvgIpc) is 2.87. The highest BCUT2D eigenvalue weighted by atomic mass is 14.8. The highest BCUT2D eigenvalue weighted by Crippen LogP contribution is 2.36. The summed E-state index contributed by atoms with van der Waals surface area (Å²) in [6.45, 7) is 6.37. The van der Waals surface area contributed by atoms with Crippen LogP contribution < -0.4 is 0 Å². The van der Waals surface area contributed by atoms with Gasteiger partial charge in [0, 0.05) is 17.0 Å². The number of nitrogens with zero attached hydrogens (tertiary/aromatic N) is 1. The third-order valence-corrected chi connectivity index (χ3v) is 4.28. The Kier molecular flexibility index (Phi) is 2.80. The van der Waals surface area contributed by atoms with Gasteiger partial charge in [0.15, 0.2) is 0 Å². The maximum atomic E-state index is 4.56. The maximum Gasteiger partial charge on any atom is 0.138 e. The fourth-order valence-corrected chi connectivity index (χ4v) is 3.18. The molecule has 2 nitrogen and oxygen atoms in total. The first-order valence-corrected chi connectivity index (χ1v) is 7.58. The van der Waals surface area contributed by atoms with Gasteiger partial charge in [-0.05, 0) is 49.1 Å². The van der Waals surface area contributed by atoms with E-state index >= 15 is 0 Å². The fourth-order valence-electron chi connectivity index (χ4n) is 3.18. The van der Waals surface area contributed by atoms with Gasteiger partial charge in [0.1, 0.15) is 5.65 Å². The van der Waals surface area contributed by atoms with E-state index in [1.807, 2.05) is 6.20 Å². The van der Waals surface area contributed by atoms with Crippen molar-refractivity contribution in [2.75, 3.05) is 0 Å². The van der Waals surface area contributed by atoms with Gasteiger partial charge >= 0.3 is 0 Å². The van der Waals surface area contributed by atoms with Crippen LogP contribution in [0.3, 0.4) is 0 Å². The number of rotatable bonds is 1. The number of nitrogens with one attached hydrogen (secondary N) is 1. The highest BCUT2D eigenvalue weighted by Gasteiger charge is 2.13. The van der Waals surface area contributed by atoms with Crippen LogP contribution in [0.5, 0.6) is 0 Å². The van der Waals surface area contributed by atoms with E-state index in [0.717, 1.165) is 5.65 Å². The molecule has 2 aromatic carbocycles. The first-order valence-electron chi connectivity index (χ1n) is 7.58. The summed E-state index contributed by atoms with van der Waals surface area (Å²) in [6, 6.07) is 15.3. The summed E-state index contributed by atoms with van der Waals surface area (Å²) in [5.74, 6) is 0. The topological polar surface area (TPSA) is 28.7 Å². The summed E-state index contributed by atoms with van der Waals surface area (Å²) < 4.78 is 0. The summed E-state index contributed by atoms with van der Waals surface area (Å²) in [5, 5.41) is 2.48. The monoisotopic (exact) mass is 286 g/mol. The largest absolute Gasteiger partial charge is 0.339 e. The lowest BCUT2D eigenvalue weighted by atomic mass is 9.96. The van der Waals surface area contributed by atoms with Gasteiger partial charge in [-0.2, -0.15) is 0 Å². The van der Waals surface area contributed by atoms with Gasteiger partial charge in [0.2, 0.25) is 0 Å². The van der Waals surface area contributed by atoms with E-state index in [1.54, 1.807) is 0 Å². The molecule has 0 saturated heterocycles. The van der Waals surface area contributed by atoms with Gasteiger partial charge in [0.05, 0.1) is 5.52 Å². The lowest BCUT2D eigenvalue weighted by Gasteiger charge is -2.07. The van der Waals surface area contributed by atoms with Crippen LogP contribution in [-0.2, 0) is 0 Å². The SMILES string of the molecule is Cc1cccc(-c2ccc(C)c3[nH]c4ncc(C)cc4c23)c1. The molecule has 0 aliphatic heterocycles. The molecule has 0 saturated carbocycles. The van der Waals surface area contributed by atoms with Gasteiger partial charge in [-0.1, -0.05) is 42.0 Å². The molecule has 2 heteroatoms. The van der Waals surface area contributed by atoms with Crippen LogP contribution in [0.25, 0.3) is 33.1 Å². The Morgan fingerprint density at radius 2 is 1.77 bits per heavy atom. The van der Waals surface area contributed by atoms with Gasteiger partial charge in [-0.3, -0.25) is 0 Å². The third-order valence-electron chi connectivity index (χ3n) is 4.28. The number of pyridine rings is 1. The summed E-state index contributed by atoms with van der Waals surface area (Å²) in [4.78, 5) is 8.04. The number of aryl methyl sites for hydroxylation is 3. The second kappa shape index (κ2) is 4.70. The molecule has 2 aromatic heterocycles. The molecule has 0 aliphatic rings. The lowest BCUT2D eigenvalue weighted by Crippen LogP contribution is -1.84. The third kappa shape index (κ3) is 1.92. The molecule has 108 valence electrons. The Balaban J connectivity index is 2.17. The second-order valence-corrected chi connectivity index (χ2v) is 6.08. The Morgan fingerprint density at radius 3 is 2.59 bits per heavy atom. The van der Waals surface area contributed by atoms with Crippen LogP contribution in [0.4, 0.5) is 0 Å². The van der Waals surface area contributed by atoms with Crippen molar-refractivity contribution in [2.24, 2.45) is 0 Å². The summed E-state index contributed by atoms with van der Waals surface area (Å²) in [6.07, 6.45) is 1.92. The number of hydrogen-bond acceptors (Lipinski definition) is 1. The minimum absolute atomic E-state index is 0.962. The van der Waals surface area contributed by atoms with Gasteiger partial charge in [0.25, 0.3) is 0 Å². The smallest absolute Gasteiger partial charge is 0.138 e. The Morgan fingerprint density at radius 1 is 0.909 bits per heavy atom. The normalized spacial score (nSPS) is 11.4. The number of aromatic nitrogens is 2. The van der Waals surface area contributed by atoms with Crippen LogP contribution >= 0.6 is 0 Å². The Bertz CT molecular complexity index is 1010. The molecule has 0 unspecified atom stereocenters. The second-order valence-electron chi connectivity index (χ2n) is 6.08. The van der Waals surface area contributed by atoms with Crippen molar-refractivity contribution in [1.29, 1.82) is 0 Å². The summed E-state index contributed by atoms with van der Waals surface area (Å²) in [7, 11) is 0. The highest BCUT2D eigenvalue weighted by molar-refractivity contribution is 6.14. The molecule has 0 bridgehead atoms. The van der Waals surface area contributed by atoms with Crippen LogP contribution in [0.1, 0.15) is 16.7 Å². The predicted octanol–water partition coefficient (Wildman–Crippen LogP) is 5.31. The van der Waals surface area contributed by atoms with E-state index in [4.69, 9.17) is 0 Å². The fraction of sp³-hybridized carbons (Fsp3) is 0.150. The zero-order chi connectivity index (χ0) is 15.3. The van der Waals surface area contributed by atoms with Crippen molar-refractivity contribution in [2.45, 2.75) is 20.8 Å². The molecule has 1 N–H and O–H groups in total. The average molecular weight is 286 g/mol. The van der Waals surface area contributed by atoms with Crippen LogP contribution in [0.2, 0.25) is 0 Å². The molecule has 0 spiro atoms. The minimum Gasteiger partial charge on any atom is -0.339 e. The zero-order valence-electron chi connectivity index (χ0n) is 13.1. The summed E-state index contributed by atoms with van der Waals surface area (Å²) >= 11 is 0. The Labute approximate surface area is 129 Å². The van der Waals surface area contributed by atoms with E-state index in [1.165, 1.54) is 44.1 Å². The van der Waals surface area contributed by atoms with Gasteiger partial charge in [-0.25, -0.2) is 4.98 Å². The number of hydrogen-bond donors (Lipinski definition) is 1. The van der Waals surface area contributed by atoms with Crippen LogP contribution in [0, 0.1) is 20.8 Å². The number of fused-ring (bicyclic) bond motifs is 3. The van der Waals surface area contributed by atoms with Gasteiger partial charge < -0.3 is 4.98 Å². The van der Waals surface area contributed by atoms with Crippen molar-refractivity contribution in [3.63, 3.8) is 0 Å². The standard InChI is InChI=1S/C20H18N2/c1-12-5-4-6-15(9-12)16-8-7-14(3)19-18(16)17-10-13(2)11-21-20(17)22-19/h4-11H,1-3H3,(H,21,22). The van der Waals surface area contributed by atoms with E-state index in [0.29, 0.717) is 0 Å². The van der Waals surface area contributed by atoms with Crippen molar-refractivity contribution in [1.82, 2.24) is 9.97 Å². The van der Waals surface area contributed by atoms with Crippen molar-refractivity contribution < 1.29 is 0 Å². The van der Waals surface area contributed by atoms with E-state index in [9.17, 15) is 0 Å². The number of aromatic amines is 1. The first-order chi connectivity index (χ1) is 10.6. The molecule has 4 rings (SSSR count). The van der Waals surface area contributed by atoms with E-state index < -0.39 is 0 Å². The predicted molar refractivity (Wildman–Crippen MR) is 93.2 cm³/mol. The number of H-pyrrole nitrogens is 1. The molecule has 2 heterocycles.